The molecule has 103 heavy (non-hydrogen) atoms. The van der Waals surface area contributed by atoms with Crippen LogP contribution in [-0.4, -0.2) is 218 Å². The van der Waals surface area contributed by atoms with Crippen LogP contribution in [0, 0.1) is 0 Å². The Bertz CT molecular complexity index is 2310. The third-order valence-electron chi connectivity index (χ3n) is 15.1. The van der Waals surface area contributed by atoms with Gasteiger partial charge in [-0.25, -0.2) is 0 Å². The Morgan fingerprint density at radius 3 is 0.709 bits per heavy atom. The Labute approximate surface area is 638 Å². The van der Waals surface area contributed by atoms with Crippen molar-refractivity contribution in [1.29, 1.82) is 0 Å². The van der Waals surface area contributed by atoms with Crippen molar-refractivity contribution in [3.05, 3.63) is 91.0 Å². The van der Waals surface area contributed by atoms with Crippen molar-refractivity contribution in [2.24, 2.45) is 0 Å². The number of carbonyl (C=O) groups is 3. The molecule has 0 amide bonds. The Hall–Kier alpha value is -2.40. The largest absolute Gasteiger partial charge is 0.701 e. The number of methoxy groups -OCH3 is 3. The van der Waals surface area contributed by atoms with Crippen molar-refractivity contribution in [2.45, 2.75) is 218 Å². The molecule has 0 aliphatic heterocycles. The SMILES string of the molecule is CC(=O)O[Si](C)(OC(C)=O)OC(C)=O.CC(C)[Si](C)(C(C)C)C(C)C.CCO[Si](C)(C)OCC.CCO[Si](C)(OCC)OCC.COCCO[Si](C)(OCCOC)OCCOC.CO[Si](C)(OC)OC.C[Si](C)(C)O[Si](C)(C)O[Si](C)(C)C.C[Si](c1ccccc1)(c1ccccc1)c1ccccc1. The minimum absolute atomic E-state index is 0.458. The van der Waals surface area contributed by atoms with Gasteiger partial charge in [0.2, 0.25) is 0 Å². The second-order valence-corrected chi connectivity index (χ2v) is 64.7. The Morgan fingerprint density at radius 1 is 0.311 bits per heavy atom. The summed E-state index contributed by atoms with van der Waals surface area (Å²) in [5, 5.41) is 4.37. The second kappa shape index (κ2) is 57.6. The summed E-state index contributed by atoms with van der Waals surface area (Å²) in [4.78, 5) is 32.0. The van der Waals surface area contributed by atoms with Crippen LogP contribution in [0.25, 0.3) is 0 Å². The summed E-state index contributed by atoms with van der Waals surface area (Å²) in [6.07, 6.45) is 0. The molecule has 0 saturated heterocycles. The summed E-state index contributed by atoms with van der Waals surface area (Å²) < 4.78 is 99.6. The first kappa shape index (κ1) is 109. The summed E-state index contributed by atoms with van der Waals surface area (Å²) in [7, 11) is -10.2. The van der Waals surface area contributed by atoms with Crippen LogP contribution in [0.4, 0.5) is 0 Å². The molecule has 3 aromatic rings. The second-order valence-electron chi connectivity index (χ2n) is 27.8. The Kier molecular flexibility index (Phi) is 61.1. The van der Waals surface area contributed by atoms with E-state index in [-0.39, 0.29) is 0 Å². The van der Waals surface area contributed by atoms with Gasteiger partial charge in [-0.15, -0.1) is 0 Å². The smallest absolute Gasteiger partial charge is 0.455 e. The van der Waals surface area contributed by atoms with Gasteiger partial charge in [0.1, 0.15) is 8.07 Å². The minimum atomic E-state index is -3.49. The third kappa shape index (κ3) is 54.8. The highest BCUT2D eigenvalue weighted by atomic mass is 28.5. The molecular formula is C71H148O22Si10. The molecule has 0 bridgehead atoms. The van der Waals surface area contributed by atoms with Crippen LogP contribution in [0.3, 0.4) is 0 Å². The van der Waals surface area contributed by atoms with E-state index in [0.29, 0.717) is 59.5 Å². The molecule has 3 rings (SSSR count). The minimum Gasteiger partial charge on any atom is -0.455 e. The van der Waals surface area contributed by atoms with Crippen molar-refractivity contribution in [1.82, 2.24) is 0 Å². The summed E-state index contributed by atoms with van der Waals surface area (Å²) in [5.41, 5.74) is 2.76. The molecule has 3 aromatic carbocycles. The molecule has 0 aliphatic rings. The zero-order chi connectivity index (χ0) is 81.0. The fourth-order valence-electron chi connectivity index (χ4n) is 10.1. The van der Waals surface area contributed by atoms with E-state index < -0.39 is 103 Å². The van der Waals surface area contributed by atoms with Gasteiger partial charge in [-0.3, -0.25) is 14.4 Å². The van der Waals surface area contributed by atoms with E-state index in [4.69, 9.17) is 71.1 Å². The fraction of sp³-hybridized carbons (Fsp3) is 0.704. The van der Waals surface area contributed by atoms with E-state index in [1.165, 1.54) is 22.1 Å². The third-order valence-corrected chi connectivity index (χ3v) is 46.7. The van der Waals surface area contributed by atoms with Gasteiger partial charge >= 0.3 is 52.3 Å². The molecule has 0 saturated carbocycles. The standard InChI is InChI=1S/C19H18Si.C10H24O6Si.C10H24Si.C8H24O2Si3.C7H12O6Si.C7H18O3Si.C6H16O2Si.C4H12O3Si/c1-20(17-11-5-2-6-12-17,18-13-7-3-8-14-18)19-15-9-4-10-16-19;1-11-5-8-14-17(4,15-9-6-12-2)16-10-7-13-3;1-8(2)11(7,9(3)4)10(5)6;1-11(2,3)9-13(7,8)10-12(4,5)6;1-5(8)11-14(4,12-6(2)9)13-7(3)10;1-5-8-11(4,9-6-2)10-7-3;1-5-7-9(3,4)8-6-2;1-5-8(4,6-2)7-3/h2-16H,1H3;5-10H2,1-4H3;8-10H,1-7H3;1-8H3;1-4H3;5-7H2,1-4H3;5-6H2,1-4H3;1-4H3. The van der Waals surface area contributed by atoms with Crippen LogP contribution >= 0.6 is 0 Å². The van der Waals surface area contributed by atoms with E-state index in [1.54, 1.807) is 42.7 Å². The monoisotopic (exact) mass is 1630 g/mol. The Balaban J connectivity index is -0.000000362. The molecule has 0 aliphatic carbocycles. The summed E-state index contributed by atoms with van der Waals surface area (Å²) in [6, 6.07) is 32.8. The van der Waals surface area contributed by atoms with E-state index in [0.717, 1.165) is 50.6 Å². The van der Waals surface area contributed by atoms with Gasteiger partial charge in [-0.2, -0.15) is 0 Å². The average Bonchev–Trinajstić information content (AvgIpc) is 0.771. The molecule has 0 N–H and O–H groups in total. The van der Waals surface area contributed by atoms with Gasteiger partial charge in [-0.1, -0.05) is 162 Å². The average molecular weight is 1630 g/mol. The molecule has 0 atom stereocenters. The van der Waals surface area contributed by atoms with Gasteiger partial charge in [-0.05, 0) is 116 Å². The summed E-state index contributed by atoms with van der Waals surface area (Å²) in [6.45, 7) is 67.6. The van der Waals surface area contributed by atoms with Crippen LogP contribution in [-0.2, 0) is 98.8 Å². The number of ether oxygens (including phenoxy) is 3. The maximum atomic E-state index is 10.7. The molecule has 0 spiro atoms. The fourth-order valence-corrected chi connectivity index (χ4v) is 37.1. The highest BCUT2D eigenvalue weighted by Crippen LogP contribution is 2.41. The highest BCUT2D eigenvalue weighted by Gasteiger charge is 2.46. The molecular weight excluding hydrogens is 1490 g/mol. The van der Waals surface area contributed by atoms with Crippen LogP contribution in [0.5, 0.6) is 0 Å². The first-order valence-electron chi connectivity index (χ1n) is 35.9. The first-order valence-corrected chi connectivity index (χ1v) is 62.5. The van der Waals surface area contributed by atoms with E-state index in [1.807, 2.05) is 54.3 Å². The number of rotatable bonds is 38. The number of carbonyl (C=O) groups excluding carboxylic acids is 3. The molecule has 0 aromatic heterocycles. The van der Waals surface area contributed by atoms with Crippen LogP contribution < -0.4 is 15.6 Å². The van der Waals surface area contributed by atoms with Gasteiger partial charge < -0.3 is 84.4 Å². The summed E-state index contributed by atoms with van der Waals surface area (Å²) in [5.74, 6) is -2.00. The maximum Gasteiger partial charge on any atom is 0.701 e. The first-order chi connectivity index (χ1) is 47.5. The van der Waals surface area contributed by atoms with Gasteiger partial charge in [0.15, 0.2) is 16.6 Å². The van der Waals surface area contributed by atoms with Gasteiger partial charge in [0.05, 0.1) is 47.7 Å². The van der Waals surface area contributed by atoms with E-state index in [9.17, 15) is 14.4 Å². The lowest BCUT2D eigenvalue weighted by Crippen LogP contribution is -2.64. The molecule has 0 fully saturated rings. The van der Waals surface area contributed by atoms with Crippen molar-refractivity contribution in [2.75, 3.05) is 115 Å². The van der Waals surface area contributed by atoms with E-state index >= 15 is 0 Å². The van der Waals surface area contributed by atoms with Crippen molar-refractivity contribution < 1.29 is 98.8 Å². The zero-order valence-electron chi connectivity index (χ0n) is 71.2. The molecule has 0 heterocycles. The maximum absolute atomic E-state index is 10.7. The molecule has 0 unspecified atom stereocenters. The quantitative estimate of drug-likeness (QED) is 0.0295. The lowest BCUT2D eigenvalue weighted by molar-refractivity contribution is -0.147. The molecule has 604 valence electrons. The van der Waals surface area contributed by atoms with Crippen LogP contribution in [0.15, 0.2) is 91.0 Å². The molecule has 0 radical (unpaired) electrons. The normalized spacial score (nSPS) is 12.1. The summed E-state index contributed by atoms with van der Waals surface area (Å²) >= 11 is 0. The van der Waals surface area contributed by atoms with Crippen LogP contribution in [0.1, 0.15) is 96.9 Å². The Morgan fingerprint density at radius 2 is 0.544 bits per heavy atom. The predicted octanol–water partition coefficient (Wildman–Crippen LogP) is 15.2. The van der Waals surface area contributed by atoms with E-state index in [2.05, 4.69) is 224 Å². The zero-order valence-corrected chi connectivity index (χ0v) is 81.2. The van der Waals surface area contributed by atoms with Crippen molar-refractivity contribution in [3.63, 3.8) is 0 Å². The molecule has 32 heteroatoms. The molecule has 22 nitrogen and oxygen atoms in total. The lowest BCUT2D eigenvalue weighted by atomic mass is 10.3. The number of benzene rings is 3. The number of hydrogen-bond acceptors (Lipinski definition) is 22. The topological polar surface area (TPSA) is 227 Å². The number of hydrogen-bond donors (Lipinski definition) is 0. The van der Waals surface area contributed by atoms with Gasteiger partial charge in [0.25, 0.3) is 17.9 Å². The lowest BCUT2D eigenvalue weighted by Gasteiger charge is -2.39. The van der Waals surface area contributed by atoms with Crippen molar-refractivity contribution >= 4 is 119 Å². The van der Waals surface area contributed by atoms with Crippen molar-refractivity contribution in [3.8, 4) is 0 Å². The van der Waals surface area contributed by atoms with Gasteiger partial charge in [0, 0.05) is 123 Å². The predicted molar refractivity (Wildman–Crippen MR) is 445 cm³/mol. The highest BCUT2D eigenvalue weighted by molar-refractivity contribution is 7.10. The van der Waals surface area contributed by atoms with Crippen LogP contribution in [0.2, 0.25) is 121 Å².